The number of carbonyl (C=O) groups excluding carboxylic acids is 2. The molecule has 0 radical (unpaired) electrons. The summed E-state index contributed by atoms with van der Waals surface area (Å²) < 4.78 is 0. The summed E-state index contributed by atoms with van der Waals surface area (Å²) >= 11 is 5.92. The number of benzene rings is 2. The van der Waals surface area contributed by atoms with Crippen molar-refractivity contribution in [3.05, 3.63) is 70.7 Å². The number of amides is 2. The molecular weight excluding hydrogens is 364 g/mol. The summed E-state index contributed by atoms with van der Waals surface area (Å²) in [4.78, 5) is 25.0. The number of halogens is 1. The minimum absolute atomic E-state index is 0.0569. The lowest BCUT2D eigenvalue weighted by Crippen LogP contribution is -2.52. The summed E-state index contributed by atoms with van der Waals surface area (Å²) in [5.41, 5.74) is 12.7. The van der Waals surface area contributed by atoms with E-state index in [4.69, 9.17) is 11.6 Å². The largest absolute Gasteiger partial charge is 0.272 e. The quantitative estimate of drug-likeness (QED) is 0.609. The Morgan fingerprint density at radius 2 is 1.67 bits per heavy atom. The molecule has 2 aromatic carbocycles. The molecule has 1 saturated heterocycles. The summed E-state index contributed by atoms with van der Waals surface area (Å²) in [7, 11) is 0. The van der Waals surface area contributed by atoms with Gasteiger partial charge in [0.2, 0.25) is 5.91 Å². The maximum atomic E-state index is 12.6. The molecule has 1 saturated carbocycles. The first-order chi connectivity index (χ1) is 13.1. The van der Waals surface area contributed by atoms with Crippen molar-refractivity contribution in [2.75, 3.05) is 0 Å². The summed E-state index contributed by atoms with van der Waals surface area (Å²) in [6.45, 7) is 0. The SMILES string of the molecule is O=C(NNC(=O)C1(c2ccc(Cl)cc2)CC1)C1CC(c2ccccc2)NN1. The normalized spacial score (nSPS) is 22.9. The first-order valence-corrected chi connectivity index (χ1v) is 9.39. The minimum atomic E-state index is -0.564. The molecule has 1 aliphatic heterocycles. The standard InChI is InChI=1S/C20H21ClN4O2/c21-15-8-6-14(7-9-15)20(10-11-20)19(27)25-24-18(26)17-12-16(22-23-17)13-4-2-1-3-5-13/h1-9,16-17,22-23H,10-12H2,(H,24,26)(H,25,27). The van der Waals surface area contributed by atoms with Gasteiger partial charge in [0.15, 0.2) is 0 Å². The van der Waals surface area contributed by atoms with Gasteiger partial charge in [0, 0.05) is 11.1 Å². The molecular formula is C20H21ClN4O2. The lowest BCUT2D eigenvalue weighted by atomic mass is 9.95. The van der Waals surface area contributed by atoms with Gasteiger partial charge >= 0.3 is 0 Å². The Balaban J connectivity index is 1.32. The third-order valence-electron chi connectivity index (χ3n) is 5.30. The van der Waals surface area contributed by atoms with Crippen LogP contribution in [-0.2, 0) is 15.0 Å². The molecule has 2 aliphatic rings. The van der Waals surface area contributed by atoms with Crippen LogP contribution in [0, 0.1) is 0 Å². The first-order valence-electron chi connectivity index (χ1n) is 9.01. The van der Waals surface area contributed by atoms with Gasteiger partial charge in [0.1, 0.15) is 6.04 Å². The van der Waals surface area contributed by atoms with E-state index in [9.17, 15) is 9.59 Å². The molecule has 140 valence electrons. The maximum absolute atomic E-state index is 12.6. The minimum Gasteiger partial charge on any atom is -0.272 e. The third-order valence-corrected chi connectivity index (χ3v) is 5.55. The van der Waals surface area contributed by atoms with E-state index in [1.807, 2.05) is 42.5 Å². The maximum Gasteiger partial charge on any atom is 0.256 e. The molecule has 7 heteroatoms. The van der Waals surface area contributed by atoms with Crippen LogP contribution in [0.5, 0.6) is 0 Å². The summed E-state index contributed by atoms with van der Waals surface area (Å²) in [6, 6.07) is 16.9. The van der Waals surface area contributed by atoms with Crippen LogP contribution in [-0.4, -0.2) is 17.9 Å². The van der Waals surface area contributed by atoms with E-state index in [1.165, 1.54) is 0 Å². The van der Waals surface area contributed by atoms with Crippen molar-refractivity contribution in [3.63, 3.8) is 0 Å². The monoisotopic (exact) mass is 384 g/mol. The van der Waals surface area contributed by atoms with E-state index in [-0.39, 0.29) is 17.9 Å². The molecule has 6 nitrogen and oxygen atoms in total. The highest BCUT2D eigenvalue weighted by Gasteiger charge is 2.51. The Bertz CT molecular complexity index is 837. The van der Waals surface area contributed by atoms with Crippen LogP contribution in [0.25, 0.3) is 0 Å². The average Bonchev–Trinajstić information content (AvgIpc) is 3.36. The van der Waals surface area contributed by atoms with Crippen LogP contribution >= 0.6 is 11.6 Å². The second-order valence-corrected chi connectivity index (χ2v) is 7.51. The zero-order valence-electron chi connectivity index (χ0n) is 14.7. The lowest BCUT2D eigenvalue weighted by molar-refractivity contribution is -0.131. The molecule has 0 bridgehead atoms. The number of rotatable bonds is 4. The number of hydrazine groups is 2. The molecule has 4 rings (SSSR count). The van der Waals surface area contributed by atoms with Crippen LogP contribution in [0.2, 0.25) is 5.02 Å². The third kappa shape index (κ3) is 3.69. The van der Waals surface area contributed by atoms with Crippen molar-refractivity contribution >= 4 is 23.4 Å². The molecule has 2 unspecified atom stereocenters. The molecule has 0 spiro atoms. The van der Waals surface area contributed by atoms with Gasteiger partial charge in [0.05, 0.1) is 5.41 Å². The van der Waals surface area contributed by atoms with Crippen LogP contribution in [0.1, 0.15) is 36.4 Å². The summed E-state index contributed by atoms with van der Waals surface area (Å²) in [5, 5.41) is 0.635. The van der Waals surface area contributed by atoms with Gasteiger partial charge in [-0.2, -0.15) is 0 Å². The van der Waals surface area contributed by atoms with Gasteiger partial charge in [-0.25, -0.2) is 10.9 Å². The topological polar surface area (TPSA) is 82.3 Å². The van der Waals surface area contributed by atoms with Gasteiger partial charge in [-0.05, 0) is 42.5 Å². The Kier molecular flexibility index (Phi) is 4.86. The number of hydrogen-bond acceptors (Lipinski definition) is 4. The number of nitrogens with one attached hydrogen (secondary N) is 4. The predicted octanol–water partition coefficient (Wildman–Crippen LogP) is 2.13. The molecule has 0 aromatic heterocycles. The zero-order valence-corrected chi connectivity index (χ0v) is 15.4. The predicted molar refractivity (Wildman–Crippen MR) is 103 cm³/mol. The summed E-state index contributed by atoms with van der Waals surface area (Å²) in [6.07, 6.45) is 2.12. The fourth-order valence-electron chi connectivity index (χ4n) is 3.50. The average molecular weight is 385 g/mol. The second-order valence-electron chi connectivity index (χ2n) is 7.07. The van der Waals surface area contributed by atoms with Crippen LogP contribution in [0.3, 0.4) is 0 Å². The Morgan fingerprint density at radius 1 is 0.963 bits per heavy atom. The highest BCUT2D eigenvalue weighted by Crippen LogP contribution is 2.48. The smallest absolute Gasteiger partial charge is 0.256 e. The van der Waals surface area contributed by atoms with Crippen molar-refractivity contribution in [2.45, 2.75) is 36.8 Å². The molecule has 2 fully saturated rings. The molecule has 2 atom stereocenters. The Labute approximate surface area is 162 Å². The summed E-state index contributed by atoms with van der Waals surface area (Å²) in [5.74, 6) is -0.454. The Morgan fingerprint density at radius 3 is 2.33 bits per heavy atom. The van der Waals surface area contributed by atoms with Crippen molar-refractivity contribution in [1.82, 2.24) is 21.7 Å². The molecule has 27 heavy (non-hydrogen) atoms. The van der Waals surface area contributed by atoms with E-state index in [2.05, 4.69) is 21.7 Å². The van der Waals surface area contributed by atoms with Crippen molar-refractivity contribution in [3.8, 4) is 0 Å². The van der Waals surface area contributed by atoms with Gasteiger partial charge in [-0.3, -0.25) is 20.4 Å². The van der Waals surface area contributed by atoms with Gasteiger partial charge < -0.3 is 0 Å². The molecule has 2 aromatic rings. The van der Waals surface area contributed by atoms with Crippen LogP contribution in [0.15, 0.2) is 54.6 Å². The number of hydrogen-bond donors (Lipinski definition) is 4. The van der Waals surface area contributed by atoms with E-state index in [1.54, 1.807) is 12.1 Å². The van der Waals surface area contributed by atoms with E-state index in [0.29, 0.717) is 11.4 Å². The van der Waals surface area contributed by atoms with Crippen LogP contribution < -0.4 is 21.7 Å². The lowest BCUT2D eigenvalue weighted by Gasteiger charge is -2.17. The van der Waals surface area contributed by atoms with E-state index in [0.717, 1.165) is 24.0 Å². The molecule has 4 N–H and O–H groups in total. The molecule has 1 aliphatic carbocycles. The van der Waals surface area contributed by atoms with Crippen molar-refractivity contribution < 1.29 is 9.59 Å². The molecule has 1 heterocycles. The van der Waals surface area contributed by atoms with E-state index < -0.39 is 11.5 Å². The fourth-order valence-corrected chi connectivity index (χ4v) is 3.62. The van der Waals surface area contributed by atoms with E-state index >= 15 is 0 Å². The zero-order chi connectivity index (χ0) is 18.9. The van der Waals surface area contributed by atoms with Gasteiger partial charge in [-0.1, -0.05) is 54.1 Å². The first kappa shape index (κ1) is 18.0. The van der Waals surface area contributed by atoms with Crippen molar-refractivity contribution in [2.24, 2.45) is 0 Å². The van der Waals surface area contributed by atoms with Gasteiger partial charge in [0.25, 0.3) is 5.91 Å². The van der Waals surface area contributed by atoms with Crippen molar-refractivity contribution in [1.29, 1.82) is 0 Å². The highest BCUT2D eigenvalue weighted by atomic mass is 35.5. The highest BCUT2D eigenvalue weighted by molar-refractivity contribution is 6.30. The molecule has 2 amide bonds. The second kappa shape index (κ2) is 7.31. The Hall–Kier alpha value is -2.41. The van der Waals surface area contributed by atoms with Gasteiger partial charge in [-0.15, -0.1) is 0 Å². The fraction of sp³-hybridized carbons (Fsp3) is 0.300. The number of carbonyl (C=O) groups is 2. The van der Waals surface area contributed by atoms with Crippen LogP contribution in [0.4, 0.5) is 0 Å².